The predicted molar refractivity (Wildman–Crippen MR) is 59.4 cm³/mol. The van der Waals surface area contributed by atoms with Crippen LogP contribution in [-0.2, 0) is 6.54 Å². The fourth-order valence-corrected chi connectivity index (χ4v) is 1.28. The molecule has 0 aliphatic rings. The fourth-order valence-electron chi connectivity index (χ4n) is 1.28. The summed E-state index contributed by atoms with van der Waals surface area (Å²) in [6, 6.07) is 5.64. The first kappa shape index (κ1) is 10.8. The normalized spacial score (nSPS) is 10.1. The van der Waals surface area contributed by atoms with Crippen molar-refractivity contribution in [1.82, 2.24) is 5.32 Å². The van der Waals surface area contributed by atoms with Crippen LogP contribution in [0.4, 0.5) is 0 Å². The van der Waals surface area contributed by atoms with Gasteiger partial charge in [0.15, 0.2) is 0 Å². The minimum absolute atomic E-state index is 0.363. The maximum Gasteiger partial charge on any atom is 0.120 e. The molecule has 0 heterocycles. The van der Waals surface area contributed by atoms with Crippen molar-refractivity contribution in [2.75, 3.05) is 6.54 Å². The van der Waals surface area contributed by atoms with Crippen molar-refractivity contribution < 1.29 is 5.11 Å². The molecule has 1 aromatic rings. The second kappa shape index (κ2) is 5.45. The van der Waals surface area contributed by atoms with Crippen molar-refractivity contribution in [3.8, 4) is 5.75 Å². The minimum Gasteiger partial charge on any atom is -0.508 e. The average molecular weight is 191 g/mol. The molecule has 2 heteroatoms. The molecule has 0 aliphatic heterocycles. The average Bonchev–Trinajstić information content (AvgIpc) is 2.18. The van der Waals surface area contributed by atoms with Crippen molar-refractivity contribution in [2.45, 2.75) is 19.9 Å². The molecule has 0 aromatic heterocycles. The Hall–Kier alpha value is -1.28. The van der Waals surface area contributed by atoms with Gasteiger partial charge in [0.25, 0.3) is 0 Å². The Morgan fingerprint density at radius 3 is 3.00 bits per heavy atom. The van der Waals surface area contributed by atoms with Gasteiger partial charge in [0.1, 0.15) is 5.75 Å². The fraction of sp³-hybridized carbons (Fsp3) is 0.333. The molecule has 1 aromatic carbocycles. The number of phenolic OH excluding ortho intramolecular Hbond substituents is 1. The lowest BCUT2D eigenvalue weighted by Crippen LogP contribution is -2.14. The predicted octanol–water partition coefficient (Wildman–Crippen LogP) is 2.37. The molecular weight excluding hydrogens is 174 g/mol. The molecule has 0 radical (unpaired) electrons. The van der Waals surface area contributed by atoms with Crippen LogP contribution in [0.3, 0.4) is 0 Å². The van der Waals surface area contributed by atoms with Crippen molar-refractivity contribution >= 4 is 0 Å². The third-order valence-corrected chi connectivity index (χ3v) is 2.08. The zero-order valence-corrected chi connectivity index (χ0v) is 8.59. The highest BCUT2D eigenvalue weighted by Crippen LogP contribution is 2.17. The zero-order chi connectivity index (χ0) is 10.4. The van der Waals surface area contributed by atoms with Gasteiger partial charge in [-0.1, -0.05) is 23.8 Å². The lowest BCUT2D eigenvalue weighted by atomic mass is 10.1. The van der Waals surface area contributed by atoms with Crippen LogP contribution in [0.1, 0.15) is 17.5 Å². The largest absolute Gasteiger partial charge is 0.508 e. The summed E-state index contributed by atoms with van der Waals surface area (Å²) in [5, 5.41) is 12.8. The van der Waals surface area contributed by atoms with Gasteiger partial charge in [-0.25, -0.2) is 0 Å². The van der Waals surface area contributed by atoms with E-state index in [-0.39, 0.29) is 0 Å². The van der Waals surface area contributed by atoms with Gasteiger partial charge in [0.05, 0.1) is 0 Å². The SMILES string of the molecule is C=CCCNCc1cc(C)ccc1O. The highest BCUT2D eigenvalue weighted by Gasteiger charge is 1.99. The molecule has 2 N–H and O–H groups in total. The van der Waals surface area contributed by atoms with E-state index in [1.807, 2.05) is 25.1 Å². The number of nitrogens with one attached hydrogen (secondary N) is 1. The summed E-state index contributed by atoms with van der Waals surface area (Å²) in [7, 11) is 0. The van der Waals surface area contributed by atoms with Gasteiger partial charge in [0, 0.05) is 12.1 Å². The van der Waals surface area contributed by atoms with Crippen LogP contribution >= 0.6 is 0 Å². The van der Waals surface area contributed by atoms with E-state index in [0.29, 0.717) is 12.3 Å². The van der Waals surface area contributed by atoms with E-state index in [1.165, 1.54) is 5.56 Å². The second-order valence-electron chi connectivity index (χ2n) is 3.39. The third-order valence-electron chi connectivity index (χ3n) is 2.08. The first-order valence-electron chi connectivity index (χ1n) is 4.84. The molecule has 0 fully saturated rings. The Bertz CT molecular complexity index is 307. The Morgan fingerprint density at radius 1 is 1.50 bits per heavy atom. The lowest BCUT2D eigenvalue weighted by molar-refractivity contribution is 0.464. The standard InChI is InChI=1S/C12H17NO/c1-3-4-7-13-9-11-8-10(2)5-6-12(11)14/h3,5-6,8,13-14H,1,4,7,9H2,2H3. The Labute approximate surface area is 85.3 Å². The summed E-state index contributed by atoms with van der Waals surface area (Å²) in [5.41, 5.74) is 2.12. The number of hydrogen-bond donors (Lipinski definition) is 2. The van der Waals surface area contributed by atoms with E-state index in [0.717, 1.165) is 18.5 Å². The monoisotopic (exact) mass is 191 g/mol. The van der Waals surface area contributed by atoms with E-state index in [1.54, 1.807) is 6.07 Å². The molecule has 0 bridgehead atoms. The molecule has 1 rings (SSSR count). The van der Waals surface area contributed by atoms with Crippen LogP contribution in [0, 0.1) is 6.92 Å². The molecule has 2 nitrogen and oxygen atoms in total. The Morgan fingerprint density at radius 2 is 2.29 bits per heavy atom. The lowest BCUT2D eigenvalue weighted by Gasteiger charge is -2.06. The van der Waals surface area contributed by atoms with Gasteiger partial charge in [-0.2, -0.15) is 0 Å². The van der Waals surface area contributed by atoms with Crippen LogP contribution in [0.25, 0.3) is 0 Å². The van der Waals surface area contributed by atoms with Gasteiger partial charge < -0.3 is 10.4 Å². The third kappa shape index (κ3) is 3.23. The number of hydrogen-bond acceptors (Lipinski definition) is 2. The van der Waals surface area contributed by atoms with Crippen LogP contribution < -0.4 is 5.32 Å². The molecule has 0 saturated heterocycles. The second-order valence-corrected chi connectivity index (χ2v) is 3.39. The van der Waals surface area contributed by atoms with E-state index >= 15 is 0 Å². The van der Waals surface area contributed by atoms with E-state index in [4.69, 9.17) is 0 Å². The summed E-state index contributed by atoms with van der Waals surface area (Å²) < 4.78 is 0. The molecule has 0 saturated carbocycles. The maximum absolute atomic E-state index is 9.53. The number of aromatic hydroxyl groups is 1. The van der Waals surface area contributed by atoms with Gasteiger partial charge in [-0.15, -0.1) is 6.58 Å². The molecule has 0 atom stereocenters. The summed E-state index contributed by atoms with van der Waals surface area (Å²) in [6.45, 7) is 7.28. The molecular formula is C12H17NO. The molecule has 0 unspecified atom stereocenters. The van der Waals surface area contributed by atoms with E-state index < -0.39 is 0 Å². The summed E-state index contributed by atoms with van der Waals surface area (Å²) in [5.74, 6) is 0.363. The zero-order valence-electron chi connectivity index (χ0n) is 8.59. The first-order chi connectivity index (χ1) is 6.74. The number of phenols is 1. The van der Waals surface area contributed by atoms with Crippen LogP contribution in [0.2, 0.25) is 0 Å². The van der Waals surface area contributed by atoms with Crippen LogP contribution in [-0.4, -0.2) is 11.7 Å². The van der Waals surface area contributed by atoms with Crippen LogP contribution in [0.5, 0.6) is 5.75 Å². The minimum atomic E-state index is 0.363. The van der Waals surface area contributed by atoms with Crippen molar-refractivity contribution in [1.29, 1.82) is 0 Å². The van der Waals surface area contributed by atoms with Crippen molar-refractivity contribution in [3.63, 3.8) is 0 Å². The summed E-state index contributed by atoms with van der Waals surface area (Å²) >= 11 is 0. The summed E-state index contributed by atoms with van der Waals surface area (Å²) in [6.07, 6.45) is 2.83. The van der Waals surface area contributed by atoms with Gasteiger partial charge in [-0.05, 0) is 26.0 Å². The number of benzene rings is 1. The van der Waals surface area contributed by atoms with Crippen molar-refractivity contribution in [3.05, 3.63) is 42.0 Å². The topological polar surface area (TPSA) is 32.3 Å². The van der Waals surface area contributed by atoms with Crippen molar-refractivity contribution in [2.24, 2.45) is 0 Å². The van der Waals surface area contributed by atoms with Crippen LogP contribution in [0.15, 0.2) is 30.9 Å². The van der Waals surface area contributed by atoms with E-state index in [9.17, 15) is 5.11 Å². The maximum atomic E-state index is 9.53. The summed E-state index contributed by atoms with van der Waals surface area (Å²) in [4.78, 5) is 0. The smallest absolute Gasteiger partial charge is 0.120 e. The molecule has 0 spiro atoms. The Balaban J connectivity index is 2.49. The molecule has 14 heavy (non-hydrogen) atoms. The quantitative estimate of drug-likeness (QED) is 0.553. The van der Waals surface area contributed by atoms with Gasteiger partial charge in [-0.3, -0.25) is 0 Å². The highest BCUT2D eigenvalue weighted by atomic mass is 16.3. The number of rotatable bonds is 5. The first-order valence-corrected chi connectivity index (χ1v) is 4.84. The van der Waals surface area contributed by atoms with Gasteiger partial charge in [0.2, 0.25) is 0 Å². The highest BCUT2D eigenvalue weighted by molar-refractivity contribution is 5.35. The molecule has 0 amide bonds. The molecule has 0 aliphatic carbocycles. The van der Waals surface area contributed by atoms with Gasteiger partial charge >= 0.3 is 0 Å². The van der Waals surface area contributed by atoms with E-state index in [2.05, 4.69) is 11.9 Å². The Kier molecular flexibility index (Phi) is 4.20. The number of aryl methyl sites for hydroxylation is 1. The molecule has 76 valence electrons.